The van der Waals surface area contributed by atoms with E-state index in [0.29, 0.717) is 6.42 Å². The van der Waals surface area contributed by atoms with Crippen LogP contribution in [0.25, 0.3) is 0 Å². The van der Waals surface area contributed by atoms with E-state index in [-0.39, 0.29) is 11.4 Å². The molecule has 138 valence electrons. The molecule has 0 spiro atoms. The first kappa shape index (κ1) is 20.2. The molecule has 0 unspecified atom stereocenters. The number of halogens is 1. The molecule has 0 atom stereocenters. The van der Waals surface area contributed by atoms with Crippen LogP contribution in [0.4, 0.5) is 0 Å². The second kappa shape index (κ2) is 8.51. The van der Waals surface area contributed by atoms with E-state index in [1.54, 1.807) is 0 Å². The van der Waals surface area contributed by atoms with Gasteiger partial charge in [0.25, 0.3) is 0 Å². The van der Waals surface area contributed by atoms with Crippen LogP contribution in [0.1, 0.15) is 34.1 Å². The van der Waals surface area contributed by atoms with Gasteiger partial charge in [-0.15, -0.1) is 0 Å². The molecule has 25 heavy (non-hydrogen) atoms. The van der Waals surface area contributed by atoms with Gasteiger partial charge >= 0.3 is 159 Å². The van der Waals surface area contributed by atoms with Crippen molar-refractivity contribution in [2.24, 2.45) is 0 Å². The molecule has 0 heterocycles. The first-order valence-electron chi connectivity index (χ1n) is 8.17. The van der Waals surface area contributed by atoms with Gasteiger partial charge in [0.15, 0.2) is 0 Å². The van der Waals surface area contributed by atoms with Crippen molar-refractivity contribution >= 4 is 30.4 Å². The topological polar surface area (TPSA) is 52.6 Å². The maximum absolute atomic E-state index is 12.2. The second-order valence-electron chi connectivity index (χ2n) is 6.54. The molecule has 0 saturated heterocycles. The molecule has 0 aliphatic rings. The van der Waals surface area contributed by atoms with Crippen molar-refractivity contribution in [1.82, 2.24) is 0 Å². The van der Waals surface area contributed by atoms with Crippen LogP contribution < -0.4 is 4.74 Å². The third-order valence-corrected chi connectivity index (χ3v) is 10.6. The molecule has 2 aromatic rings. The molecule has 0 bridgehead atoms. The van der Waals surface area contributed by atoms with Crippen molar-refractivity contribution in [3.63, 3.8) is 0 Å². The van der Waals surface area contributed by atoms with E-state index in [0.717, 1.165) is 12.9 Å². The Morgan fingerprint density at radius 3 is 2.00 bits per heavy atom. The van der Waals surface area contributed by atoms with E-state index in [4.69, 9.17) is 7.25 Å². The zero-order chi connectivity index (χ0) is 18.5. The molecule has 6 heteroatoms. The minimum atomic E-state index is -3.53. The fourth-order valence-corrected chi connectivity index (χ4v) is 9.21. The van der Waals surface area contributed by atoms with Crippen LogP contribution in [0.5, 0.6) is 5.75 Å². The Morgan fingerprint density at radius 1 is 0.920 bits per heavy atom. The van der Waals surface area contributed by atoms with Crippen molar-refractivity contribution in [3.05, 3.63) is 61.7 Å². The average molecular weight is 476 g/mol. The van der Waals surface area contributed by atoms with E-state index in [2.05, 4.69) is 0 Å². The molecule has 4 nitrogen and oxygen atoms in total. The third kappa shape index (κ3) is 6.60. The van der Waals surface area contributed by atoms with Crippen LogP contribution in [0.3, 0.4) is 0 Å². The van der Waals surface area contributed by atoms with Gasteiger partial charge in [-0.1, -0.05) is 0 Å². The Hall–Kier alpha value is -1.12. The van der Waals surface area contributed by atoms with E-state index in [1.807, 2.05) is 82.3 Å². The molecule has 0 amide bonds. The van der Waals surface area contributed by atoms with E-state index in [9.17, 15) is 8.42 Å². The Balaban J connectivity index is 2.32. The molecule has 0 aliphatic carbocycles. The molecule has 0 saturated carbocycles. The molecule has 0 N–H and O–H groups in total. The Kier molecular flexibility index (Phi) is 6.87. The summed E-state index contributed by atoms with van der Waals surface area (Å²) in [6.45, 7) is 7.80. The number of rotatable bonds is 7. The summed E-state index contributed by atoms with van der Waals surface area (Å²) in [5, 5.41) is 0. The zero-order valence-corrected chi connectivity index (χ0v) is 18.0. The van der Waals surface area contributed by atoms with Crippen molar-refractivity contribution < 1.29 is 15.7 Å². The van der Waals surface area contributed by atoms with Gasteiger partial charge in [0.2, 0.25) is 0 Å². The third-order valence-electron chi connectivity index (χ3n) is 2.98. The number of hydrogen-bond acceptors (Lipinski definition) is 4. The monoisotopic (exact) mass is 476 g/mol. The predicted octanol–water partition coefficient (Wildman–Crippen LogP) is 5.08. The summed E-state index contributed by atoms with van der Waals surface area (Å²) in [4.78, 5) is 0. The Labute approximate surface area is 158 Å². The van der Waals surface area contributed by atoms with Crippen LogP contribution >= 0.6 is 20.2 Å². The fourth-order valence-electron chi connectivity index (χ4n) is 2.08. The fraction of sp³-hybridized carbons (Fsp3) is 0.368. The quantitative estimate of drug-likeness (QED) is 0.523. The maximum atomic E-state index is 12.2. The van der Waals surface area contributed by atoms with Crippen LogP contribution in [-0.4, -0.2) is 19.8 Å². The van der Waals surface area contributed by atoms with Gasteiger partial charge in [-0.05, 0) is 0 Å². The average Bonchev–Trinajstić information content (AvgIpc) is 2.53. The Morgan fingerprint density at radius 2 is 1.48 bits per heavy atom. The predicted molar refractivity (Wildman–Crippen MR) is 110 cm³/mol. The van der Waals surface area contributed by atoms with E-state index in [1.165, 1.54) is 0 Å². The van der Waals surface area contributed by atoms with Crippen molar-refractivity contribution in [3.8, 4) is 5.75 Å². The summed E-state index contributed by atoms with van der Waals surface area (Å²) in [6.07, 6.45) is 0.541. The van der Waals surface area contributed by atoms with E-state index < -0.39 is 30.4 Å². The van der Waals surface area contributed by atoms with Gasteiger partial charge in [-0.2, -0.15) is 0 Å². The van der Waals surface area contributed by atoms with Crippen LogP contribution in [0, 0.1) is 7.14 Å². The second-order valence-corrected chi connectivity index (χ2v) is 13.2. The summed E-state index contributed by atoms with van der Waals surface area (Å²) in [6, 6.07) is 17.2. The van der Waals surface area contributed by atoms with Crippen molar-refractivity contribution in [2.45, 2.75) is 39.7 Å². The summed E-state index contributed by atoms with van der Waals surface area (Å²) in [7, 11) is -3.53. The molecule has 0 radical (unpaired) electrons. The first-order chi connectivity index (χ1) is 11.7. The van der Waals surface area contributed by atoms with Gasteiger partial charge in [0, 0.05) is 0 Å². The van der Waals surface area contributed by atoms with Gasteiger partial charge in [0.1, 0.15) is 0 Å². The number of hydrogen-bond donors (Lipinski definition) is 0. The molecular weight excluding hydrogens is 451 g/mol. The van der Waals surface area contributed by atoms with Crippen LogP contribution in [0.2, 0.25) is 0 Å². The molecule has 2 rings (SSSR count). The number of benzene rings is 2. The SMILES string of the molecule is CCCS(=O)(=O)OI(c1ccccc1)c1ccc(OC(C)(C)C)cc1. The number of ether oxygens (including phenoxy) is 1. The minimum absolute atomic E-state index is 0.0407. The molecule has 0 aromatic heterocycles. The van der Waals surface area contributed by atoms with Crippen molar-refractivity contribution in [1.29, 1.82) is 0 Å². The zero-order valence-electron chi connectivity index (χ0n) is 15.0. The summed E-state index contributed by atoms with van der Waals surface area (Å²) < 4.78 is 37.9. The van der Waals surface area contributed by atoms with Gasteiger partial charge in [-0.25, -0.2) is 0 Å². The van der Waals surface area contributed by atoms with E-state index >= 15 is 0 Å². The van der Waals surface area contributed by atoms with Gasteiger partial charge in [-0.3, -0.25) is 0 Å². The first-order valence-corrected chi connectivity index (χ1v) is 12.8. The van der Waals surface area contributed by atoms with Gasteiger partial charge in [0.05, 0.1) is 0 Å². The summed E-state index contributed by atoms with van der Waals surface area (Å²) in [5.74, 6) is 0.801. The van der Waals surface area contributed by atoms with Gasteiger partial charge < -0.3 is 0 Å². The molecular formula is C19H25IO4S. The Bertz CT molecular complexity index is 765. The normalized spacial score (nSPS) is 12.7. The standard InChI is InChI=1S/C19H25IO4S/c1-5-15-25(21,22)24-20(16-9-7-6-8-10-16)17-11-13-18(14-12-17)23-19(2,3)4/h6-14H,5,15H2,1-4H3. The van der Waals surface area contributed by atoms with Crippen LogP contribution in [0.15, 0.2) is 54.6 Å². The summed E-state index contributed by atoms with van der Waals surface area (Å²) >= 11 is -2.54. The molecule has 0 aliphatic heterocycles. The summed E-state index contributed by atoms with van der Waals surface area (Å²) in [5.41, 5.74) is -0.278. The van der Waals surface area contributed by atoms with Crippen molar-refractivity contribution in [2.75, 3.05) is 5.75 Å². The molecule has 0 fully saturated rings. The molecule has 2 aromatic carbocycles. The van der Waals surface area contributed by atoms with Crippen LogP contribution in [-0.2, 0) is 12.6 Å².